The van der Waals surface area contributed by atoms with E-state index in [1.165, 1.54) is 18.2 Å². The van der Waals surface area contributed by atoms with Gasteiger partial charge in [0.05, 0.1) is 5.02 Å². The average molecular weight is 285 g/mol. The van der Waals surface area contributed by atoms with Crippen LogP contribution in [0.15, 0.2) is 23.8 Å². The lowest BCUT2D eigenvalue weighted by atomic mass is 9.90. The van der Waals surface area contributed by atoms with E-state index in [-0.39, 0.29) is 46.3 Å². The number of hydrogen-bond donors (Lipinski definition) is 1. The van der Waals surface area contributed by atoms with Crippen molar-refractivity contribution in [2.24, 2.45) is 0 Å². The van der Waals surface area contributed by atoms with Crippen LogP contribution in [-0.2, 0) is 9.59 Å². The zero-order valence-electron chi connectivity index (χ0n) is 9.37. The van der Waals surface area contributed by atoms with Gasteiger partial charge >= 0.3 is 0 Å². The van der Waals surface area contributed by atoms with E-state index in [1.807, 2.05) is 0 Å². The molecule has 0 atom stereocenters. The summed E-state index contributed by atoms with van der Waals surface area (Å²) in [4.78, 5) is 23.4. The van der Waals surface area contributed by atoms with E-state index in [4.69, 9.17) is 23.2 Å². The maximum Gasteiger partial charge on any atom is 0.170 e. The highest BCUT2D eigenvalue weighted by Gasteiger charge is 2.28. The average Bonchev–Trinajstić information content (AvgIpc) is 2.28. The largest absolute Gasteiger partial charge is 0.506 e. The zero-order valence-corrected chi connectivity index (χ0v) is 10.9. The van der Waals surface area contributed by atoms with Crippen molar-refractivity contribution in [1.29, 1.82) is 0 Å². The van der Waals surface area contributed by atoms with E-state index in [0.717, 1.165) is 0 Å². The predicted octanol–water partition coefficient (Wildman–Crippen LogP) is 3.58. The van der Waals surface area contributed by atoms with Crippen molar-refractivity contribution in [2.75, 3.05) is 0 Å². The SMILES string of the molecule is O=C1CCCC(=O)C1=C(O)c1ccc(Cl)cc1Cl. The Morgan fingerprint density at radius 2 is 1.72 bits per heavy atom. The van der Waals surface area contributed by atoms with Crippen LogP contribution >= 0.6 is 23.2 Å². The topological polar surface area (TPSA) is 54.4 Å². The fourth-order valence-corrected chi connectivity index (χ4v) is 2.39. The molecule has 0 bridgehead atoms. The van der Waals surface area contributed by atoms with Gasteiger partial charge in [-0.05, 0) is 24.6 Å². The number of allylic oxidation sites excluding steroid dienone is 1. The molecule has 1 aliphatic carbocycles. The van der Waals surface area contributed by atoms with Crippen molar-refractivity contribution >= 4 is 40.5 Å². The second kappa shape index (κ2) is 5.12. The van der Waals surface area contributed by atoms with Crippen molar-refractivity contribution in [3.05, 3.63) is 39.4 Å². The Kier molecular flexibility index (Phi) is 3.73. The summed E-state index contributed by atoms with van der Waals surface area (Å²) >= 11 is 11.7. The van der Waals surface area contributed by atoms with Crippen LogP contribution in [-0.4, -0.2) is 16.7 Å². The standard InChI is InChI=1S/C13H10Cl2O3/c14-7-4-5-8(9(15)6-7)13(18)12-10(16)2-1-3-11(12)17/h4-6,18H,1-3H2. The van der Waals surface area contributed by atoms with Gasteiger partial charge in [-0.2, -0.15) is 0 Å². The van der Waals surface area contributed by atoms with E-state index in [2.05, 4.69) is 0 Å². The Bertz CT molecular complexity index is 543. The molecule has 0 heterocycles. The Morgan fingerprint density at radius 3 is 2.28 bits per heavy atom. The van der Waals surface area contributed by atoms with Gasteiger partial charge in [-0.15, -0.1) is 0 Å². The van der Waals surface area contributed by atoms with Crippen LogP contribution in [0.5, 0.6) is 0 Å². The molecule has 1 aromatic rings. The third-order valence-corrected chi connectivity index (χ3v) is 3.34. The molecule has 1 aromatic carbocycles. The number of Topliss-reactive ketones (excluding diaryl/α,β-unsaturated/α-hetero) is 2. The molecule has 5 heteroatoms. The van der Waals surface area contributed by atoms with E-state index in [1.54, 1.807) is 0 Å². The molecule has 94 valence electrons. The van der Waals surface area contributed by atoms with Crippen LogP contribution in [0.3, 0.4) is 0 Å². The molecule has 0 spiro atoms. The zero-order chi connectivity index (χ0) is 13.3. The van der Waals surface area contributed by atoms with E-state index >= 15 is 0 Å². The predicted molar refractivity (Wildman–Crippen MR) is 69.9 cm³/mol. The van der Waals surface area contributed by atoms with Gasteiger partial charge in [0.1, 0.15) is 11.3 Å². The van der Waals surface area contributed by atoms with Gasteiger partial charge in [0.25, 0.3) is 0 Å². The fraction of sp³-hybridized carbons (Fsp3) is 0.231. The summed E-state index contributed by atoms with van der Waals surface area (Å²) in [6, 6.07) is 4.48. The van der Waals surface area contributed by atoms with Crippen LogP contribution in [0, 0.1) is 0 Å². The number of carbonyl (C=O) groups excluding carboxylic acids is 2. The van der Waals surface area contributed by atoms with E-state index in [0.29, 0.717) is 11.4 Å². The van der Waals surface area contributed by atoms with Crippen LogP contribution in [0.25, 0.3) is 5.76 Å². The Labute approximate surface area is 114 Å². The molecule has 18 heavy (non-hydrogen) atoms. The molecule has 1 aliphatic rings. The first-order valence-electron chi connectivity index (χ1n) is 5.45. The molecule has 0 aliphatic heterocycles. The van der Waals surface area contributed by atoms with Crippen molar-refractivity contribution in [3.8, 4) is 0 Å². The molecular formula is C13H10Cl2O3. The first kappa shape index (κ1) is 13.1. The van der Waals surface area contributed by atoms with Crippen molar-refractivity contribution < 1.29 is 14.7 Å². The Hall–Kier alpha value is -1.32. The number of benzene rings is 1. The van der Waals surface area contributed by atoms with Crippen LogP contribution < -0.4 is 0 Å². The Morgan fingerprint density at radius 1 is 1.11 bits per heavy atom. The van der Waals surface area contributed by atoms with Crippen LogP contribution in [0.4, 0.5) is 0 Å². The number of halogens is 2. The minimum Gasteiger partial charge on any atom is -0.506 e. The highest BCUT2D eigenvalue weighted by molar-refractivity contribution is 6.36. The maximum absolute atomic E-state index is 11.7. The molecule has 0 amide bonds. The van der Waals surface area contributed by atoms with Gasteiger partial charge in [-0.25, -0.2) is 0 Å². The normalized spacial score (nSPS) is 16.0. The second-order valence-electron chi connectivity index (χ2n) is 4.05. The third kappa shape index (κ3) is 2.42. The number of hydrogen-bond acceptors (Lipinski definition) is 3. The number of rotatable bonds is 1. The number of ketones is 2. The first-order chi connectivity index (χ1) is 8.50. The fourth-order valence-electron chi connectivity index (χ4n) is 1.90. The van der Waals surface area contributed by atoms with Crippen molar-refractivity contribution in [1.82, 2.24) is 0 Å². The molecule has 0 unspecified atom stereocenters. The summed E-state index contributed by atoms with van der Waals surface area (Å²) in [7, 11) is 0. The third-order valence-electron chi connectivity index (χ3n) is 2.79. The van der Waals surface area contributed by atoms with E-state index < -0.39 is 0 Å². The van der Waals surface area contributed by atoms with Gasteiger partial charge in [0, 0.05) is 23.4 Å². The number of carbonyl (C=O) groups is 2. The molecule has 1 fully saturated rings. The van der Waals surface area contributed by atoms with E-state index in [9.17, 15) is 14.7 Å². The number of aliphatic hydroxyl groups is 1. The summed E-state index contributed by atoms with van der Waals surface area (Å²) < 4.78 is 0. The van der Waals surface area contributed by atoms with Crippen molar-refractivity contribution in [3.63, 3.8) is 0 Å². The summed E-state index contributed by atoms with van der Waals surface area (Å²) in [6.07, 6.45) is 1.08. The second-order valence-corrected chi connectivity index (χ2v) is 4.89. The summed E-state index contributed by atoms with van der Waals surface area (Å²) in [5, 5.41) is 10.7. The summed E-state index contributed by atoms with van der Waals surface area (Å²) in [6.45, 7) is 0. The maximum atomic E-state index is 11.7. The van der Waals surface area contributed by atoms with Crippen LogP contribution in [0.2, 0.25) is 10.0 Å². The molecule has 0 aromatic heterocycles. The monoisotopic (exact) mass is 284 g/mol. The van der Waals surface area contributed by atoms with Gasteiger partial charge in [-0.1, -0.05) is 23.2 Å². The highest BCUT2D eigenvalue weighted by atomic mass is 35.5. The molecule has 0 saturated heterocycles. The molecule has 0 radical (unpaired) electrons. The lowest BCUT2D eigenvalue weighted by molar-refractivity contribution is -0.123. The molecule has 2 rings (SSSR count). The highest BCUT2D eigenvalue weighted by Crippen LogP contribution is 2.30. The summed E-state index contributed by atoms with van der Waals surface area (Å²) in [5.41, 5.74) is 0.102. The molecule has 1 saturated carbocycles. The quantitative estimate of drug-likeness (QED) is 0.487. The number of aliphatic hydroxyl groups excluding tert-OH is 1. The molecular weight excluding hydrogens is 275 g/mol. The molecule has 3 nitrogen and oxygen atoms in total. The van der Waals surface area contributed by atoms with Gasteiger partial charge < -0.3 is 5.11 Å². The van der Waals surface area contributed by atoms with Gasteiger partial charge in [0.15, 0.2) is 11.6 Å². The lowest BCUT2D eigenvalue weighted by Crippen LogP contribution is -2.20. The minimum atomic E-state index is -0.355. The summed E-state index contributed by atoms with van der Waals surface area (Å²) in [5.74, 6) is -1.03. The first-order valence-corrected chi connectivity index (χ1v) is 6.21. The van der Waals surface area contributed by atoms with Crippen LogP contribution in [0.1, 0.15) is 24.8 Å². The smallest absolute Gasteiger partial charge is 0.170 e. The molecule has 1 N–H and O–H groups in total. The lowest BCUT2D eigenvalue weighted by Gasteiger charge is -2.14. The Balaban J connectivity index is 2.54. The van der Waals surface area contributed by atoms with Gasteiger partial charge in [-0.3, -0.25) is 9.59 Å². The van der Waals surface area contributed by atoms with Gasteiger partial charge in [0.2, 0.25) is 0 Å². The minimum absolute atomic E-state index is 0.148. The van der Waals surface area contributed by atoms with Crippen molar-refractivity contribution in [2.45, 2.75) is 19.3 Å².